The largest absolute Gasteiger partial charge is 0.324 e. The summed E-state index contributed by atoms with van der Waals surface area (Å²) in [6.07, 6.45) is 0. The van der Waals surface area contributed by atoms with Crippen molar-refractivity contribution in [2.24, 2.45) is 0 Å². The van der Waals surface area contributed by atoms with Gasteiger partial charge in [0.1, 0.15) is 6.54 Å². The highest BCUT2D eigenvalue weighted by atomic mass is 35.5. The van der Waals surface area contributed by atoms with Gasteiger partial charge in [0.2, 0.25) is 11.8 Å². The molecule has 1 N–H and O–H groups in total. The summed E-state index contributed by atoms with van der Waals surface area (Å²) in [7, 11) is 0. The smallest absolute Gasteiger partial charge is 0.244 e. The highest BCUT2D eigenvalue weighted by Crippen LogP contribution is 2.27. The van der Waals surface area contributed by atoms with Gasteiger partial charge in [0.25, 0.3) is 0 Å². The molecule has 0 saturated carbocycles. The maximum absolute atomic E-state index is 12.5. The fourth-order valence-electron chi connectivity index (χ4n) is 3.01. The van der Waals surface area contributed by atoms with Crippen molar-refractivity contribution in [1.82, 2.24) is 0 Å². The van der Waals surface area contributed by atoms with Gasteiger partial charge in [-0.15, -0.1) is 0 Å². The van der Waals surface area contributed by atoms with Crippen LogP contribution in [0.3, 0.4) is 0 Å². The molecule has 0 atom stereocenters. The highest BCUT2D eigenvalue weighted by molar-refractivity contribution is 6.31. The normalized spacial score (nSPS) is 10.5. The van der Waals surface area contributed by atoms with Gasteiger partial charge in [-0.25, -0.2) is 0 Å². The van der Waals surface area contributed by atoms with E-state index in [1.54, 1.807) is 12.1 Å². The molecule has 2 amide bonds. The number of amides is 2. The van der Waals surface area contributed by atoms with Crippen LogP contribution in [0.5, 0.6) is 0 Å². The van der Waals surface area contributed by atoms with Crippen molar-refractivity contribution in [2.45, 2.75) is 34.6 Å². The predicted molar refractivity (Wildman–Crippen MR) is 103 cm³/mol. The van der Waals surface area contributed by atoms with Crippen LogP contribution < -0.4 is 10.2 Å². The zero-order valence-electron chi connectivity index (χ0n) is 15.2. The van der Waals surface area contributed by atoms with Gasteiger partial charge in [0, 0.05) is 17.6 Å². The van der Waals surface area contributed by atoms with E-state index in [-0.39, 0.29) is 18.4 Å². The van der Waals surface area contributed by atoms with E-state index in [0.29, 0.717) is 10.7 Å². The van der Waals surface area contributed by atoms with Crippen LogP contribution >= 0.6 is 11.6 Å². The average Bonchev–Trinajstić information content (AvgIpc) is 2.48. The molecule has 0 radical (unpaired) electrons. The minimum atomic E-state index is -0.264. The summed E-state index contributed by atoms with van der Waals surface area (Å²) in [5.74, 6) is -0.437. The lowest BCUT2D eigenvalue weighted by molar-refractivity contribution is -0.120. The van der Waals surface area contributed by atoms with Crippen LogP contribution in [-0.2, 0) is 9.59 Å². The Labute approximate surface area is 153 Å². The van der Waals surface area contributed by atoms with E-state index in [1.807, 2.05) is 45.9 Å². The molecule has 0 saturated heterocycles. The molecule has 0 aliphatic rings. The summed E-state index contributed by atoms with van der Waals surface area (Å²) < 4.78 is 0. The van der Waals surface area contributed by atoms with Crippen LogP contribution in [0, 0.1) is 27.7 Å². The Kier molecular flexibility index (Phi) is 5.85. The fraction of sp³-hybridized carbons (Fsp3) is 0.300. The van der Waals surface area contributed by atoms with Gasteiger partial charge in [-0.2, -0.15) is 0 Å². The molecule has 2 rings (SSSR count). The van der Waals surface area contributed by atoms with Crippen LogP contribution in [0.25, 0.3) is 0 Å². The maximum atomic E-state index is 12.5. The van der Waals surface area contributed by atoms with Crippen LogP contribution in [0.15, 0.2) is 30.3 Å². The van der Waals surface area contributed by atoms with Gasteiger partial charge >= 0.3 is 0 Å². The Hall–Kier alpha value is -2.33. The van der Waals surface area contributed by atoms with Crippen LogP contribution in [0.1, 0.15) is 29.2 Å². The fourth-order valence-corrected chi connectivity index (χ4v) is 3.18. The third kappa shape index (κ3) is 4.60. The van der Waals surface area contributed by atoms with Crippen LogP contribution in [0.2, 0.25) is 5.02 Å². The Morgan fingerprint density at radius 2 is 1.60 bits per heavy atom. The lowest BCUT2D eigenvalue weighted by Gasteiger charge is -2.25. The average molecular weight is 359 g/mol. The maximum Gasteiger partial charge on any atom is 0.244 e. The van der Waals surface area contributed by atoms with Crippen molar-refractivity contribution in [2.75, 3.05) is 16.8 Å². The molecule has 0 spiro atoms. The number of rotatable bonds is 4. The second-order valence-corrected chi connectivity index (χ2v) is 6.80. The van der Waals surface area contributed by atoms with E-state index < -0.39 is 0 Å². The summed E-state index contributed by atoms with van der Waals surface area (Å²) in [5.41, 5.74) is 5.42. The molecule has 0 bridgehead atoms. The predicted octanol–water partition coefficient (Wildman–Crippen LogP) is 4.57. The first-order valence-corrected chi connectivity index (χ1v) is 8.48. The molecule has 0 unspecified atom stereocenters. The first-order chi connectivity index (χ1) is 11.7. The van der Waals surface area contributed by atoms with E-state index in [0.717, 1.165) is 27.9 Å². The zero-order chi connectivity index (χ0) is 18.7. The molecule has 25 heavy (non-hydrogen) atoms. The van der Waals surface area contributed by atoms with E-state index in [1.165, 1.54) is 11.8 Å². The zero-order valence-corrected chi connectivity index (χ0v) is 16.0. The number of carbonyl (C=O) groups is 2. The Morgan fingerprint density at radius 1 is 1.00 bits per heavy atom. The summed E-state index contributed by atoms with van der Waals surface area (Å²) in [6.45, 7) is 9.22. The molecule has 0 aliphatic carbocycles. The van der Waals surface area contributed by atoms with Crippen molar-refractivity contribution in [3.63, 3.8) is 0 Å². The molecule has 0 aromatic heterocycles. The van der Waals surface area contributed by atoms with E-state index in [4.69, 9.17) is 11.6 Å². The van der Waals surface area contributed by atoms with Gasteiger partial charge in [-0.05, 0) is 56.5 Å². The minimum Gasteiger partial charge on any atom is -0.324 e. The number of aryl methyl sites for hydroxylation is 4. The quantitative estimate of drug-likeness (QED) is 0.870. The molecule has 132 valence electrons. The molecule has 5 heteroatoms. The molecule has 4 nitrogen and oxygen atoms in total. The third-order valence-corrected chi connectivity index (χ3v) is 4.30. The SMILES string of the molecule is CC(=O)N(CC(=O)Nc1cc(Cl)ccc1C)c1c(C)cc(C)cc1C. The van der Waals surface area contributed by atoms with Gasteiger partial charge < -0.3 is 10.2 Å². The number of hydrogen-bond acceptors (Lipinski definition) is 2. The number of carbonyl (C=O) groups excluding carboxylic acids is 2. The lowest BCUT2D eigenvalue weighted by Crippen LogP contribution is -2.37. The van der Waals surface area contributed by atoms with Crippen molar-refractivity contribution in [3.8, 4) is 0 Å². The van der Waals surface area contributed by atoms with Crippen molar-refractivity contribution in [3.05, 3.63) is 57.6 Å². The topological polar surface area (TPSA) is 49.4 Å². The first-order valence-electron chi connectivity index (χ1n) is 8.11. The van der Waals surface area contributed by atoms with Gasteiger partial charge in [0.05, 0.1) is 5.69 Å². The van der Waals surface area contributed by atoms with Gasteiger partial charge in [0.15, 0.2) is 0 Å². The summed E-state index contributed by atoms with van der Waals surface area (Å²) in [6, 6.07) is 9.34. The third-order valence-electron chi connectivity index (χ3n) is 4.06. The number of benzene rings is 2. The standard InChI is InChI=1S/C20H23ClN2O2/c1-12-8-14(3)20(15(4)9-12)23(16(5)24)11-19(25)22-18-10-17(21)7-6-13(18)2/h6-10H,11H2,1-5H3,(H,22,25). The number of anilines is 2. The van der Waals surface area contributed by atoms with E-state index >= 15 is 0 Å². The molecule has 0 aliphatic heterocycles. The summed E-state index contributed by atoms with van der Waals surface area (Å²) >= 11 is 5.99. The number of hydrogen-bond donors (Lipinski definition) is 1. The second-order valence-electron chi connectivity index (χ2n) is 6.36. The molecular formula is C20H23ClN2O2. The van der Waals surface area contributed by atoms with Crippen molar-refractivity contribution >= 4 is 34.8 Å². The van der Waals surface area contributed by atoms with Crippen LogP contribution in [-0.4, -0.2) is 18.4 Å². The van der Waals surface area contributed by atoms with Crippen molar-refractivity contribution < 1.29 is 9.59 Å². The molecule has 0 heterocycles. The number of halogens is 1. The second kappa shape index (κ2) is 7.70. The summed E-state index contributed by atoms with van der Waals surface area (Å²) in [5, 5.41) is 3.39. The van der Waals surface area contributed by atoms with Crippen molar-refractivity contribution in [1.29, 1.82) is 0 Å². The number of nitrogens with one attached hydrogen (secondary N) is 1. The van der Waals surface area contributed by atoms with Gasteiger partial charge in [-0.3, -0.25) is 9.59 Å². The van der Waals surface area contributed by atoms with Crippen LogP contribution in [0.4, 0.5) is 11.4 Å². The Balaban J connectivity index is 2.27. The monoisotopic (exact) mass is 358 g/mol. The Morgan fingerprint density at radius 3 is 2.16 bits per heavy atom. The lowest BCUT2D eigenvalue weighted by atomic mass is 10.0. The Bertz CT molecular complexity index is 807. The van der Waals surface area contributed by atoms with E-state index in [9.17, 15) is 9.59 Å². The number of nitrogens with zero attached hydrogens (tertiary/aromatic N) is 1. The molecule has 0 fully saturated rings. The first kappa shape index (κ1) is 19.0. The minimum absolute atomic E-state index is 0.0496. The molecule has 2 aromatic carbocycles. The molecular weight excluding hydrogens is 336 g/mol. The van der Waals surface area contributed by atoms with E-state index in [2.05, 4.69) is 5.32 Å². The molecule has 2 aromatic rings. The highest BCUT2D eigenvalue weighted by Gasteiger charge is 2.20. The van der Waals surface area contributed by atoms with Gasteiger partial charge in [-0.1, -0.05) is 35.4 Å². The summed E-state index contributed by atoms with van der Waals surface area (Å²) in [4.78, 5) is 26.2.